The van der Waals surface area contributed by atoms with Crippen molar-refractivity contribution in [2.24, 2.45) is 0 Å². The van der Waals surface area contributed by atoms with Gasteiger partial charge >= 0.3 is 0 Å². The van der Waals surface area contributed by atoms with Crippen LogP contribution in [0.3, 0.4) is 0 Å². The quantitative estimate of drug-likeness (QED) is 0.836. The number of hydrogen-bond acceptors (Lipinski definition) is 5. The molecule has 0 unspecified atom stereocenters. The molecule has 0 radical (unpaired) electrons. The van der Waals surface area contributed by atoms with Crippen LogP contribution < -0.4 is 5.32 Å². The molecule has 1 saturated heterocycles. The zero-order valence-electron chi connectivity index (χ0n) is 11.5. The highest BCUT2D eigenvalue weighted by molar-refractivity contribution is 5.77. The molecule has 2 heterocycles. The van der Waals surface area contributed by atoms with Crippen LogP contribution in [0.15, 0.2) is 18.2 Å². The molecule has 0 atom stereocenters. The molecular weight excluding hydrogens is 296 g/mol. The topological polar surface area (TPSA) is 92.8 Å². The summed E-state index contributed by atoms with van der Waals surface area (Å²) < 4.78 is 33.0. The number of nitrogens with zero attached hydrogens (tertiary/aromatic N) is 3. The fourth-order valence-electron chi connectivity index (χ4n) is 2.38. The minimum atomic E-state index is -1.16. The summed E-state index contributed by atoms with van der Waals surface area (Å²) in [5.74, 6) is -1.38. The average molecular weight is 309 g/mol. The molecule has 2 N–H and O–H groups in total. The minimum Gasteiger partial charge on any atom is -0.376 e. The van der Waals surface area contributed by atoms with E-state index in [1.165, 1.54) is 6.07 Å². The highest BCUT2D eigenvalue weighted by Crippen LogP contribution is 2.33. The number of hydrogen-bond donors (Lipinski definition) is 2. The van der Waals surface area contributed by atoms with Crippen LogP contribution >= 0.6 is 0 Å². The zero-order chi connectivity index (χ0) is 15.6. The average Bonchev–Trinajstić information content (AvgIpc) is 2.95. The number of tetrazole rings is 1. The Bertz CT molecular complexity index is 653. The number of benzene rings is 1. The Kier molecular flexibility index (Phi) is 3.80. The Morgan fingerprint density at radius 3 is 2.64 bits per heavy atom. The Labute approximate surface area is 124 Å². The summed E-state index contributed by atoms with van der Waals surface area (Å²) in [5, 5.41) is 15.8. The predicted octanol–water partition coefficient (Wildman–Crippen LogP) is 0.452. The van der Waals surface area contributed by atoms with Crippen molar-refractivity contribution < 1.29 is 18.3 Å². The maximum Gasteiger partial charge on any atom is 0.221 e. The highest BCUT2D eigenvalue weighted by Gasteiger charge is 2.45. The van der Waals surface area contributed by atoms with E-state index in [9.17, 15) is 13.6 Å². The van der Waals surface area contributed by atoms with Gasteiger partial charge in [0.1, 0.15) is 17.2 Å². The summed E-state index contributed by atoms with van der Waals surface area (Å²) in [6.45, 7) is 0.0532. The van der Waals surface area contributed by atoms with Crippen molar-refractivity contribution in [3.63, 3.8) is 0 Å². The van der Waals surface area contributed by atoms with E-state index >= 15 is 0 Å². The van der Waals surface area contributed by atoms with Crippen molar-refractivity contribution in [2.45, 2.75) is 18.4 Å². The first kappa shape index (κ1) is 14.5. The number of carbonyl (C=O) groups is 1. The molecule has 2 aromatic rings. The van der Waals surface area contributed by atoms with Crippen LogP contribution in [0.1, 0.15) is 17.8 Å². The van der Waals surface area contributed by atoms with Crippen molar-refractivity contribution >= 4 is 5.91 Å². The SMILES string of the molecule is O=C(CCc1nn[nH]n1)NC1(c2c(F)cccc2F)COC1. The van der Waals surface area contributed by atoms with E-state index in [-0.39, 0.29) is 37.5 Å². The second-order valence-corrected chi connectivity index (χ2v) is 5.05. The fourth-order valence-corrected chi connectivity index (χ4v) is 2.38. The molecule has 3 rings (SSSR count). The van der Waals surface area contributed by atoms with Gasteiger partial charge in [-0.1, -0.05) is 11.3 Å². The largest absolute Gasteiger partial charge is 0.376 e. The monoisotopic (exact) mass is 309 g/mol. The lowest BCUT2D eigenvalue weighted by Gasteiger charge is -2.42. The van der Waals surface area contributed by atoms with Crippen LogP contribution in [0.2, 0.25) is 0 Å². The normalized spacial score (nSPS) is 16.1. The molecule has 0 saturated carbocycles. The summed E-state index contributed by atoms with van der Waals surface area (Å²) in [5.41, 5.74) is -1.34. The Morgan fingerprint density at radius 2 is 2.09 bits per heavy atom. The van der Waals surface area contributed by atoms with E-state index in [2.05, 4.69) is 25.9 Å². The summed E-state index contributed by atoms with van der Waals surface area (Å²) in [6.07, 6.45) is 0.358. The van der Waals surface area contributed by atoms with Crippen LogP contribution in [0.25, 0.3) is 0 Å². The molecular formula is C13H13F2N5O2. The van der Waals surface area contributed by atoms with E-state index in [1.807, 2.05) is 0 Å². The number of carbonyl (C=O) groups excluding carboxylic acids is 1. The number of amides is 1. The number of halogens is 2. The molecule has 22 heavy (non-hydrogen) atoms. The molecule has 1 aliphatic rings. The van der Waals surface area contributed by atoms with Gasteiger partial charge in [-0.25, -0.2) is 8.78 Å². The summed E-state index contributed by atoms with van der Waals surface area (Å²) in [7, 11) is 0. The molecule has 0 bridgehead atoms. The van der Waals surface area contributed by atoms with Gasteiger partial charge in [-0.3, -0.25) is 4.79 Å². The van der Waals surface area contributed by atoms with E-state index < -0.39 is 17.2 Å². The summed E-state index contributed by atoms with van der Waals surface area (Å²) in [6, 6.07) is 3.59. The van der Waals surface area contributed by atoms with Crippen LogP contribution in [-0.4, -0.2) is 39.7 Å². The van der Waals surface area contributed by atoms with Gasteiger partial charge < -0.3 is 10.1 Å². The molecule has 0 aliphatic carbocycles. The van der Waals surface area contributed by atoms with Gasteiger partial charge in [0.25, 0.3) is 0 Å². The van der Waals surface area contributed by atoms with Crippen molar-refractivity contribution in [1.29, 1.82) is 0 Å². The van der Waals surface area contributed by atoms with Gasteiger partial charge in [-0.05, 0) is 12.1 Å². The van der Waals surface area contributed by atoms with Crippen molar-refractivity contribution in [3.05, 3.63) is 41.2 Å². The number of nitrogens with one attached hydrogen (secondary N) is 2. The Balaban J connectivity index is 1.72. The third-order valence-electron chi connectivity index (χ3n) is 3.48. The van der Waals surface area contributed by atoms with E-state index in [4.69, 9.17) is 4.74 Å². The van der Waals surface area contributed by atoms with E-state index in [0.29, 0.717) is 5.82 Å². The number of aromatic nitrogens is 4. The summed E-state index contributed by atoms with van der Waals surface area (Å²) in [4.78, 5) is 12.0. The molecule has 1 fully saturated rings. The molecule has 116 valence electrons. The lowest BCUT2D eigenvalue weighted by atomic mass is 9.86. The minimum absolute atomic E-state index is 0.0266. The Hall–Kier alpha value is -2.42. The van der Waals surface area contributed by atoms with Gasteiger partial charge in [0.05, 0.1) is 18.8 Å². The van der Waals surface area contributed by atoms with Gasteiger partial charge in [0.15, 0.2) is 5.82 Å². The number of H-pyrrole nitrogens is 1. The number of aryl methyl sites for hydroxylation is 1. The first-order valence-electron chi connectivity index (χ1n) is 6.66. The van der Waals surface area contributed by atoms with Crippen LogP contribution in [0, 0.1) is 11.6 Å². The first-order chi connectivity index (χ1) is 10.6. The first-order valence-corrected chi connectivity index (χ1v) is 6.66. The van der Waals surface area contributed by atoms with Crippen LogP contribution in [0.4, 0.5) is 8.78 Å². The standard InChI is InChI=1S/C13H13F2N5O2/c14-8-2-1-3-9(15)12(8)13(6-22-7-13)16-11(21)5-4-10-17-19-20-18-10/h1-3H,4-7H2,(H,16,21)(H,17,18,19,20). The van der Waals surface area contributed by atoms with Gasteiger partial charge in [-0.2, -0.15) is 5.21 Å². The fraction of sp³-hybridized carbons (Fsp3) is 0.385. The maximum atomic E-state index is 13.9. The Morgan fingerprint density at radius 1 is 1.36 bits per heavy atom. The molecule has 1 aliphatic heterocycles. The van der Waals surface area contributed by atoms with Crippen molar-refractivity contribution in [2.75, 3.05) is 13.2 Å². The molecule has 0 spiro atoms. The molecule has 1 aromatic heterocycles. The van der Waals surface area contributed by atoms with Crippen molar-refractivity contribution in [3.8, 4) is 0 Å². The molecule has 1 aromatic carbocycles. The molecule has 1 amide bonds. The lowest BCUT2D eigenvalue weighted by Crippen LogP contribution is -2.60. The zero-order valence-corrected chi connectivity index (χ0v) is 11.5. The predicted molar refractivity (Wildman–Crippen MR) is 69.5 cm³/mol. The van der Waals surface area contributed by atoms with E-state index in [0.717, 1.165) is 12.1 Å². The van der Waals surface area contributed by atoms with E-state index in [1.54, 1.807) is 0 Å². The van der Waals surface area contributed by atoms with Crippen LogP contribution in [0.5, 0.6) is 0 Å². The van der Waals surface area contributed by atoms with Gasteiger partial charge in [0, 0.05) is 12.8 Å². The number of rotatable bonds is 5. The van der Waals surface area contributed by atoms with Gasteiger partial charge in [-0.15, -0.1) is 10.2 Å². The molecule has 9 heteroatoms. The number of ether oxygens (including phenoxy) is 1. The lowest BCUT2D eigenvalue weighted by molar-refractivity contribution is -0.134. The van der Waals surface area contributed by atoms with Crippen molar-refractivity contribution in [1.82, 2.24) is 25.9 Å². The second-order valence-electron chi connectivity index (χ2n) is 5.05. The number of aromatic amines is 1. The maximum absolute atomic E-state index is 13.9. The highest BCUT2D eigenvalue weighted by atomic mass is 19.1. The second kappa shape index (κ2) is 5.76. The smallest absolute Gasteiger partial charge is 0.221 e. The third kappa shape index (κ3) is 2.67. The van der Waals surface area contributed by atoms with Gasteiger partial charge in [0.2, 0.25) is 5.91 Å². The third-order valence-corrected chi connectivity index (χ3v) is 3.48. The van der Waals surface area contributed by atoms with Crippen LogP contribution in [-0.2, 0) is 21.5 Å². The summed E-state index contributed by atoms with van der Waals surface area (Å²) >= 11 is 0. The molecule has 7 nitrogen and oxygen atoms in total.